The van der Waals surface area contributed by atoms with Crippen LogP contribution in [0.1, 0.15) is 0 Å². The quantitative estimate of drug-likeness (QED) is 0.388. The van der Waals surface area contributed by atoms with Gasteiger partial charge in [-0.05, 0) is 0 Å². The number of halogens is 2. The van der Waals surface area contributed by atoms with Crippen LogP contribution in [0, 0.1) is 0 Å². The fraction of sp³-hybridized carbons (Fsp3) is 1.00. The number of hydrogen-bond acceptors (Lipinski definition) is 2. The summed E-state index contributed by atoms with van der Waals surface area (Å²) in [6.45, 7) is 0.433. The summed E-state index contributed by atoms with van der Waals surface area (Å²) in [5.41, 5.74) is 0. The maximum absolute atomic E-state index is 10.1. The molecule has 0 aromatic heterocycles. The van der Waals surface area contributed by atoms with E-state index in [0.29, 0.717) is 12.4 Å². The van der Waals surface area contributed by atoms with Gasteiger partial charge in [-0.15, -0.1) is 11.6 Å². The van der Waals surface area contributed by atoms with Gasteiger partial charge in [0, 0.05) is 12.4 Å². The van der Waals surface area contributed by atoms with Crippen molar-refractivity contribution in [2.75, 3.05) is 12.4 Å². The first kappa shape index (κ1) is 9.65. The molecule has 3 nitrogen and oxygen atoms in total. The molecule has 0 aliphatic heterocycles. The lowest BCUT2D eigenvalue weighted by atomic mass is 10.8. The summed E-state index contributed by atoms with van der Waals surface area (Å²) in [6, 6.07) is 0. The summed E-state index contributed by atoms with van der Waals surface area (Å²) in [5.74, 6) is 0.375. The third kappa shape index (κ3) is 5.11. The molecule has 0 saturated carbocycles. The smallest absolute Gasteiger partial charge is 0.186 e. The van der Waals surface area contributed by atoms with Crippen molar-refractivity contribution in [3.63, 3.8) is 0 Å². The van der Waals surface area contributed by atoms with Crippen molar-refractivity contribution in [1.29, 1.82) is 0 Å². The van der Waals surface area contributed by atoms with Crippen LogP contribution in [0.4, 0.5) is 0 Å². The maximum Gasteiger partial charge on any atom is 0.186 e. The van der Waals surface area contributed by atoms with E-state index in [0.717, 1.165) is 0 Å². The van der Waals surface area contributed by atoms with E-state index in [1.165, 1.54) is 0 Å². The molecule has 0 bridgehead atoms. The van der Waals surface area contributed by atoms with Gasteiger partial charge in [0.05, 0.1) is 0 Å². The van der Waals surface area contributed by atoms with Crippen molar-refractivity contribution in [2.45, 2.75) is 4.83 Å². The molecule has 0 saturated heterocycles. The SMILES string of the molecule is O=S(O)C(Cl)NCCCl. The lowest BCUT2D eigenvalue weighted by molar-refractivity contribution is 0.551. The van der Waals surface area contributed by atoms with Crippen molar-refractivity contribution in [3.05, 3.63) is 0 Å². The predicted octanol–water partition coefficient (Wildman–Crippen LogP) is 0.559. The molecule has 2 atom stereocenters. The van der Waals surface area contributed by atoms with E-state index in [1.54, 1.807) is 0 Å². The minimum absolute atomic E-state index is 0.375. The first-order chi connectivity index (χ1) is 4.18. The van der Waals surface area contributed by atoms with Gasteiger partial charge in [0.25, 0.3) is 0 Å². The molecule has 56 valence electrons. The molecule has 6 heteroatoms. The van der Waals surface area contributed by atoms with E-state index >= 15 is 0 Å². The summed E-state index contributed by atoms with van der Waals surface area (Å²) in [5, 5.41) is 2.52. The Morgan fingerprint density at radius 1 is 1.78 bits per heavy atom. The maximum atomic E-state index is 10.1. The van der Waals surface area contributed by atoms with Crippen molar-refractivity contribution < 1.29 is 8.76 Å². The van der Waals surface area contributed by atoms with Crippen LogP contribution in [0.25, 0.3) is 0 Å². The molecular formula is C3H7Cl2NO2S. The van der Waals surface area contributed by atoms with Crippen LogP contribution in [-0.2, 0) is 11.1 Å². The molecule has 0 rings (SSSR count). The highest BCUT2D eigenvalue weighted by Crippen LogP contribution is 1.93. The highest BCUT2D eigenvalue weighted by Gasteiger charge is 2.07. The second-order valence-corrected chi connectivity index (χ2v) is 3.33. The molecule has 0 fully saturated rings. The second-order valence-electron chi connectivity index (χ2n) is 1.24. The van der Waals surface area contributed by atoms with E-state index in [1.807, 2.05) is 0 Å². The van der Waals surface area contributed by atoms with Crippen LogP contribution in [0.5, 0.6) is 0 Å². The zero-order chi connectivity index (χ0) is 7.28. The Bertz CT molecular complexity index is 102. The van der Waals surface area contributed by atoms with E-state index in [2.05, 4.69) is 5.32 Å². The largest absolute Gasteiger partial charge is 0.304 e. The molecule has 0 radical (unpaired) electrons. The fourth-order valence-corrected chi connectivity index (χ4v) is 0.718. The second kappa shape index (κ2) is 5.44. The Labute approximate surface area is 66.0 Å². The highest BCUT2D eigenvalue weighted by molar-refractivity contribution is 7.81. The van der Waals surface area contributed by atoms with Crippen LogP contribution >= 0.6 is 23.2 Å². The van der Waals surface area contributed by atoms with Gasteiger partial charge in [0.15, 0.2) is 15.9 Å². The van der Waals surface area contributed by atoms with Gasteiger partial charge in [-0.3, -0.25) is 5.32 Å². The molecular weight excluding hydrogens is 185 g/mol. The zero-order valence-corrected chi connectivity index (χ0v) is 6.84. The van der Waals surface area contributed by atoms with Crippen LogP contribution in [0.15, 0.2) is 0 Å². The van der Waals surface area contributed by atoms with Crippen molar-refractivity contribution in [1.82, 2.24) is 5.32 Å². The summed E-state index contributed by atoms with van der Waals surface area (Å²) in [4.78, 5) is -0.913. The van der Waals surface area contributed by atoms with E-state index in [-0.39, 0.29) is 0 Å². The van der Waals surface area contributed by atoms with Gasteiger partial charge in [0.1, 0.15) is 0 Å². The van der Waals surface area contributed by atoms with Gasteiger partial charge < -0.3 is 4.55 Å². The van der Waals surface area contributed by atoms with Crippen molar-refractivity contribution in [3.8, 4) is 0 Å². The number of nitrogens with one attached hydrogen (secondary N) is 1. The minimum Gasteiger partial charge on any atom is -0.304 e. The Balaban J connectivity index is 3.27. The molecule has 9 heavy (non-hydrogen) atoms. The first-order valence-corrected chi connectivity index (χ1v) is 4.35. The average molecular weight is 192 g/mol. The standard InChI is InChI=1S/C3H7Cl2NO2S/c4-1-2-6-3(5)9(7)8/h3,6H,1-2H2,(H,7,8). The Morgan fingerprint density at radius 2 is 2.33 bits per heavy atom. The topological polar surface area (TPSA) is 49.3 Å². The first-order valence-electron chi connectivity index (χ1n) is 2.21. The molecule has 0 aromatic carbocycles. The minimum atomic E-state index is -2.02. The molecule has 0 aliphatic rings. The normalized spacial score (nSPS) is 17.2. The summed E-state index contributed by atoms with van der Waals surface area (Å²) in [7, 11) is 0. The van der Waals surface area contributed by atoms with Crippen molar-refractivity contribution in [2.24, 2.45) is 0 Å². The lowest BCUT2D eigenvalue weighted by Gasteiger charge is -2.03. The molecule has 0 aromatic rings. The Morgan fingerprint density at radius 3 is 2.67 bits per heavy atom. The van der Waals surface area contributed by atoms with Crippen molar-refractivity contribution >= 4 is 34.3 Å². The average Bonchev–Trinajstić information content (AvgIpc) is 1.82. The fourth-order valence-electron chi connectivity index (χ4n) is 0.239. The van der Waals surface area contributed by atoms with Crippen LogP contribution in [-0.4, -0.2) is 26.0 Å². The number of rotatable bonds is 4. The number of alkyl halides is 2. The lowest BCUT2D eigenvalue weighted by Crippen LogP contribution is -2.29. The zero-order valence-electron chi connectivity index (χ0n) is 4.51. The van der Waals surface area contributed by atoms with E-state index < -0.39 is 15.9 Å². The summed E-state index contributed by atoms with van der Waals surface area (Å²) in [6.07, 6.45) is 0. The van der Waals surface area contributed by atoms with Crippen LogP contribution in [0.2, 0.25) is 0 Å². The summed E-state index contributed by atoms with van der Waals surface area (Å²) >= 11 is 8.51. The summed E-state index contributed by atoms with van der Waals surface area (Å²) < 4.78 is 18.4. The van der Waals surface area contributed by atoms with Gasteiger partial charge in [-0.1, -0.05) is 11.6 Å². The highest BCUT2D eigenvalue weighted by atomic mass is 35.5. The monoisotopic (exact) mass is 191 g/mol. The predicted molar refractivity (Wildman–Crippen MR) is 39.1 cm³/mol. The van der Waals surface area contributed by atoms with Gasteiger partial charge in [-0.25, -0.2) is 4.21 Å². The van der Waals surface area contributed by atoms with Gasteiger partial charge >= 0.3 is 0 Å². The van der Waals surface area contributed by atoms with Gasteiger partial charge in [0.2, 0.25) is 0 Å². The third-order valence-corrected chi connectivity index (χ3v) is 1.90. The molecule has 0 heterocycles. The molecule has 2 N–H and O–H groups in total. The van der Waals surface area contributed by atoms with E-state index in [4.69, 9.17) is 27.8 Å². The van der Waals surface area contributed by atoms with Crippen LogP contribution in [0.3, 0.4) is 0 Å². The van der Waals surface area contributed by atoms with E-state index in [9.17, 15) is 4.21 Å². The molecule has 0 spiro atoms. The molecule has 0 aliphatic carbocycles. The number of hydrogen-bond donors (Lipinski definition) is 2. The van der Waals surface area contributed by atoms with Gasteiger partial charge in [-0.2, -0.15) is 0 Å². The van der Waals surface area contributed by atoms with Crippen LogP contribution < -0.4 is 5.32 Å². The molecule has 0 amide bonds. The third-order valence-electron chi connectivity index (χ3n) is 0.576. The molecule has 2 unspecified atom stereocenters. The Hall–Kier alpha value is 0.650. The Kier molecular flexibility index (Phi) is 5.83.